The van der Waals surface area contributed by atoms with Crippen molar-refractivity contribution in [2.75, 3.05) is 51.1 Å². The first-order valence-corrected chi connectivity index (χ1v) is 7.09. The van der Waals surface area contributed by atoms with E-state index in [1.54, 1.807) is 7.11 Å². The molecule has 0 radical (unpaired) electrons. The molecule has 1 N–H and O–H groups in total. The predicted octanol–water partition coefficient (Wildman–Crippen LogP) is 0.842. The third-order valence-corrected chi connectivity index (χ3v) is 3.62. The van der Waals surface area contributed by atoms with Crippen LogP contribution in [0.5, 0.6) is 6.01 Å². The minimum absolute atomic E-state index is 0.345. The zero-order chi connectivity index (χ0) is 14.5. The number of hydrogen-bond acceptors (Lipinski definition) is 7. The number of hydrogen-bond donors (Lipinski definition) is 1. The molecule has 1 aromatic rings. The Labute approximate surface area is 120 Å². The second kappa shape index (κ2) is 6.69. The zero-order valence-corrected chi connectivity index (χ0v) is 12.8. The van der Waals surface area contributed by atoms with Crippen LogP contribution in [0.3, 0.4) is 0 Å². The molecule has 1 unspecified atom stereocenters. The normalized spacial score (nSPS) is 19.1. The Morgan fingerprint density at radius 3 is 2.80 bits per heavy atom. The molecule has 1 atom stereocenters. The summed E-state index contributed by atoms with van der Waals surface area (Å²) < 4.78 is 5.14. The summed E-state index contributed by atoms with van der Waals surface area (Å²) in [6, 6.07) is 0.905. The van der Waals surface area contributed by atoms with Crippen LogP contribution in [0.4, 0.5) is 11.9 Å². The molecule has 0 saturated carbocycles. The number of methoxy groups -OCH3 is 1. The van der Waals surface area contributed by atoms with E-state index in [0.29, 0.717) is 23.9 Å². The maximum Gasteiger partial charge on any atom is 0.322 e. The summed E-state index contributed by atoms with van der Waals surface area (Å²) in [6.45, 7) is 4.85. The fraction of sp³-hybridized carbons (Fsp3) is 0.769. The lowest BCUT2D eigenvalue weighted by Crippen LogP contribution is -2.37. The zero-order valence-electron chi connectivity index (χ0n) is 12.8. The quantitative estimate of drug-likeness (QED) is 0.828. The second-order valence-corrected chi connectivity index (χ2v) is 5.13. The van der Waals surface area contributed by atoms with E-state index in [0.717, 1.165) is 13.1 Å². The summed E-state index contributed by atoms with van der Waals surface area (Å²) in [5.41, 5.74) is 0. The average molecular weight is 280 g/mol. The Hall–Kier alpha value is -1.63. The molecule has 1 aliphatic rings. The Bertz CT molecular complexity index is 441. The first-order chi connectivity index (χ1) is 9.63. The molecule has 20 heavy (non-hydrogen) atoms. The maximum atomic E-state index is 5.14. The van der Waals surface area contributed by atoms with Gasteiger partial charge in [-0.2, -0.15) is 15.0 Å². The van der Waals surface area contributed by atoms with Crippen LogP contribution >= 0.6 is 0 Å². The summed E-state index contributed by atoms with van der Waals surface area (Å²) in [7, 11) is 5.75. The average Bonchev–Trinajstić information content (AvgIpc) is 2.84. The summed E-state index contributed by atoms with van der Waals surface area (Å²) in [4.78, 5) is 17.4. The van der Waals surface area contributed by atoms with Crippen LogP contribution in [-0.2, 0) is 0 Å². The van der Waals surface area contributed by atoms with Gasteiger partial charge in [0.15, 0.2) is 0 Å². The highest BCUT2D eigenvalue weighted by Gasteiger charge is 2.23. The van der Waals surface area contributed by atoms with Crippen molar-refractivity contribution >= 4 is 11.9 Å². The molecular formula is C13H24N6O. The summed E-state index contributed by atoms with van der Waals surface area (Å²) >= 11 is 0. The van der Waals surface area contributed by atoms with Gasteiger partial charge < -0.3 is 19.9 Å². The minimum Gasteiger partial charge on any atom is -0.467 e. The summed E-state index contributed by atoms with van der Waals surface area (Å²) in [5, 5.41) is 3.10. The van der Waals surface area contributed by atoms with Gasteiger partial charge in [0.2, 0.25) is 11.9 Å². The van der Waals surface area contributed by atoms with Gasteiger partial charge >= 0.3 is 6.01 Å². The van der Waals surface area contributed by atoms with Gasteiger partial charge in [0.05, 0.1) is 7.11 Å². The number of likely N-dealkylation sites (tertiary alicyclic amines) is 1. The highest BCUT2D eigenvalue weighted by Crippen LogP contribution is 2.19. The Kier molecular flexibility index (Phi) is 4.94. The molecular weight excluding hydrogens is 256 g/mol. The molecule has 1 aliphatic heterocycles. The number of ether oxygens (including phenoxy) is 1. The van der Waals surface area contributed by atoms with E-state index in [1.165, 1.54) is 19.4 Å². The number of rotatable bonds is 6. The Morgan fingerprint density at radius 1 is 1.40 bits per heavy atom. The Morgan fingerprint density at radius 2 is 2.20 bits per heavy atom. The van der Waals surface area contributed by atoms with Gasteiger partial charge in [0.1, 0.15) is 0 Å². The van der Waals surface area contributed by atoms with E-state index in [9.17, 15) is 0 Å². The van der Waals surface area contributed by atoms with E-state index < -0.39 is 0 Å². The number of nitrogens with zero attached hydrogens (tertiary/aromatic N) is 5. The van der Waals surface area contributed by atoms with Gasteiger partial charge in [0, 0.05) is 26.2 Å². The number of anilines is 2. The molecule has 0 spiro atoms. The van der Waals surface area contributed by atoms with Crippen molar-refractivity contribution < 1.29 is 4.74 Å². The first kappa shape index (κ1) is 14.8. The maximum absolute atomic E-state index is 5.14. The summed E-state index contributed by atoms with van der Waals surface area (Å²) in [5.74, 6) is 1.20. The van der Waals surface area contributed by atoms with Crippen molar-refractivity contribution in [2.24, 2.45) is 0 Å². The highest BCUT2D eigenvalue weighted by molar-refractivity contribution is 5.37. The van der Waals surface area contributed by atoms with E-state index in [-0.39, 0.29) is 0 Å². The lowest BCUT2D eigenvalue weighted by Gasteiger charge is -2.26. The van der Waals surface area contributed by atoms with Crippen LogP contribution in [0.25, 0.3) is 0 Å². The van der Waals surface area contributed by atoms with Crippen LogP contribution in [-0.4, -0.2) is 66.7 Å². The smallest absolute Gasteiger partial charge is 0.322 e. The van der Waals surface area contributed by atoms with E-state index in [4.69, 9.17) is 4.74 Å². The van der Waals surface area contributed by atoms with Gasteiger partial charge in [-0.15, -0.1) is 0 Å². The Balaban J connectivity index is 2.11. The van der Waals surface area contributed by atoms with Gasteiger partial charge in [0.25, 0.3) is 0 Å². The third-order valence-electron chi connectivity index (χ3n) is 3.62. The van der Waals surface area contributed by atoms with Crippen molar-refractivity contribution in [3.8, 4) is 6.01 Å². The molecule has 2 heterocycles. The molecule has 1 saturated heterocycles. The van der Waals surface area contributed by atoms with Gasteiger partial charge in [-0.05, 0) is 33.4 Å². The molecule has 7 nitrogen and oxygen atoms in total. The lowest BCUT2D eigenvalue weighted by molar-refractivity contribution is 0.313. The first-order valence-electron chi connectivity index (χ1n) is 7.09. The highest BCUT2D eigenvalue weighted by atomic mass is 16.5. The van der Waals surface area contributed by atoms with Gasteiger partial charge in [-0.25, -0.2) is 0 Å². The standard InChI is InChI=1S/C13H24N6O/c1-5-14-11-15-12(17-13(16-11)20-4)19(3)9-10-7-6-8-18(10)2/h10H,5-9H2,1-4H3,(H,14,15,16,17). The van der Waals surface area contributed by atoms with Crippen molar-refractivity contribution in [1.82, 2.24) is 19.9 Å². The molecule has 2 rings (SSSR count). The SMILES string of the molecule is CCNc1nc(OC)nc(N(C)CC2CCCN2C)n1. The second-order valence-electron chi connectivity index (χ2n) is 5.13. The van der Waals surface area contributed by atoms with Crippen LogP contribution < -0.4 is 15.0 Å². The van der Waals surface area contributed by atoms with Crippen LogP contribution in [0.15, 0.2) is 0 Å². The van der Waals surface area contributed by atoms with E-state index >= 15 is 0 Å². The summed E-state index contributed by atoms with van der Waals surface area (Å²) in [6.07, 6.45) is 2.49. The molecule has 0 aromatic carbocycles. The van der Waals surface area contributed by atoms with E-state index in [1.807, 2.05) is 14.0 Å². The minimum atomic E-state index is 0.345. The number of aromatic nitrogens is 3. The monoisotopic (exact) mass is 280 g/mol. The van der Waals surface area contributed by atoms with Crippen molar-refractivity contribution in [3.05, 3.63) is 0 Å². The van der Waals surface area contributed by atoms with E-state index in [2.05, 4.69) is 37.1 Å². The molecule has 0 amide bonds. The third kappa shape index (κ3) is 3.47. The van der Waals surface area contributed by atoms with Gasteiger partial charge in [-0.1, -0.05) is 0 Å². The van der Waals surface area contributed by atoms with Crippen molar-refractivity contribution in [2.45, 2.75) is 25.8 Å². The van der Waals surface area contributed by atoms with Gasteiger partial charge in [-0.3, -0.25) is 0 Å². The largest absolute Gasteiger partial charge is 0.467 e. The fourth-order valence-electron chi connectivity index (χ4n) is 2.45. The lowest BCUT2D eigenvalue weighted by atomic mass is 10.2. The topological polar surface area (TPSA) is 66.4 Å². The molecule has 0 aliphatic carbocycles. The molecule has 1 aromatic heterocycles. The molecule has 112 valence electrons. The van der Waals surface area contributed by atoms with Crippen molar-refractivity contribution in [3.63, 3.8) is 0 Å². The van der Waals surface area contributed by atoms with Crippen LogP contribution in [0.1, 0.15) is 19.8 Å². The fourth-order valence-corrected chi connectivity index (χ4v) is 2.45. The van der Waals surface area contributed by atoms with Crippen LogP contribution in [0, 0.1) is 0 Å². The molecule has 7 heteroatoms. The predicted molar refractivity (Wildman–Crippen MR) is 79.5 cm³/mol. The molecule has 1 fully saturated rings. The number of nitrogens with one attached hydrogen (secondary N) is 1. The van der Waals surface area contributed by atoms with Crippen LogP contribution in [0.2, 0.25) is 0 Å². The number of likely N-dealkylation sites (N-methyl/N-ethyl adjacent to an activating group) is 2. The molecule has 0 bridgehead atoms. The van der Waals surface area contributed by atoms with Crippen molar-refractivity contribution in [1.29, 1.82) is 0 Å².